The molecule has 1 fully saturated rings. The molecule has 0 aliphatic carbocycles. The lowest BCUT2D eigenvalue weighted by atomic mass is 10.4. The molecule has 0 aromatic heterocycles. The van der Waals surface area contributed by atoms with Gasteiger partial charge in [0.05, 0.1) is 13.2 Å². The third-order valence-corrected chi connectivity index (χ3v) is 1.98. The molecule has 0 aromatic rings. The number of rotatable bonds is 5. The van der Waals surface area contributed by atoms with E-state index in [9.17, 15) is 5.11 Å². The summed E-state index contributed by atoms with van der Waals surface area (Å²) in [5.74, 6) is 0. The molecule has 65 valence electrons. The van der Waals surface area contributed by atoms with Gasteiger partial charge in [0.1, 0.15) is 6.61 Å². The van der Waals surface area contributed by atoms with E-state index >= 15 is 0 Å². The van der Waals surface area contributed by atoms with Crippen molar-refractivity contribution in [2.24, 2.45) is 0 Å². The van der Waals surface area contributed by atoms with Crippen LogP contribution in [0, 0.1) is 0 Å². The molecule has 1 aliphatic heterocycles. The van der Waals surface area contributed by atoms with Crippen molar-refractivity contribution < 1.29 is 9.84 Å². The summed E-state index contributed by atoms with van der Waals surface area (Å²) >= 11 is 0. The highest BCUT2D eigenvalue weighted by Crippen LogP contribution is 2.05. The first kappa shape index (κ1) is 8.97. The van der Waals surface area contributed by atoms with Crippen LogP contribution in [0.25, 0.3) is 0 Å². The van der Waals surface area contributed by atoms with Gasteiger partial charge in [-0.3, -0.25) is 0 Å². The first-order valence-corrected chi connectivity index (χ1v) is 4.31. The minimum atomic E-state index is -0.111. The molecule has 0 aromatic carbocycles. The number of nitrogens with zero attached hydrogens (tertiary/aromatic N) is 1. The van der Waals surface area contributed by atoms with E-state index in [-0.39, 0.29) is 6.61 Å². The Labute approximate surface area is 68.0 Å². The second-order valence-corrected chi connectivity index (χ2v) is 2.87. The van der Waals surface area contributed by atoms with Crippen LogP contribution >= 0.6 is 0 Å². The highest BCUT2D eigenvalue weighted by molar-refractivity contribution is 4.64. The Morgan fingerprint density at radius 2 is 1.91 bits per heavy atom. The molecule has 1 aliphatic rings. The molecule has 0 unspecified atom stereocenters. The monoisotopic (exact) mass is 158 g/mol. The van der Waals surface area contributed by atoms with Gasteiger partial charge in [-0.1, -0.05) is 0 Å². The Morgan fingerprint density at radius 1 is 1.18 bits per heavy atom. The first-order valence-electron chi connectivity index (χ1n) is 4.31. The van der Waals surface area contributed by atoms with E-state index in [1.54, 1.807) is 0 Å². The zero-order chi connectivity index (χ0) is 7.94. The smallest absolute Gasteiger partial charge is 0.106 e. The topological polar surface area (TPSA) is 32.4 Å². The molecule has 0 amide bonds. The highest BCUT2D eigenvalue weighted by atomic mass is 16.5. The van der Waals surface area contributed by atoms with Gasteiger partial charge in [-0.2, -0.15) is 0 Å². The second kappa shape index (κ2) is 5.52. The van der Waals surface area contributed by atoms with Gasteiger partial charge in [0, 0.05) is 6.54 Å². The van der Waals surface area contributed by atoms with Gasteiger partial charge in [-0.15, -0.1) is 0 Å². The summed E-state index contributed by atoms with van der Waals surface area (Å²) in [5.41, 5.74) is 0. The van der Waals surface area contributed by atoms with Crippen LogP contribution in [0.4, 0.5) is 0 Å². The van der Waals surface area contributed by atoms with Crippen LogP contribution in [-0.4, -0.2) is 44.4 Å². The van der Waals surface area contributed by atoms with Crippen molar-refractivity contribution in [3.05, 3.63) is 0 Å². The van der Waals surface area contributed by atoms with Crippen LogP contribution < -0.4 is 0 Å². The summed E-state index contributed by atoms with van der Waals surface area (Å²) in [6, 6.07) is 0. The summed E-state index contributed by atoms with van der Waals surface area (Å²) in [7, 11) is 0. The Kier molecular flexibility index (Phi) is 4.50. The lowest BCUT2D eigenvalue weighted by Gasteiger charge is -2.13. The minimum absolute atomic E-state index is 0.111. The average molecular weight is 158 g/mol. The maximum Gasteiger partial charge on any atom is 0.106 e. The maximum atomic E-state index is 9.99. The molecule has 0 bridgehead atoms. The van der Waals surface area contributed by atoms with Crippen LogP contribution in [-0.2, 0) is 9.84 Å². The summed E-state index contributed by atoms with van der Waals surface area (Å²) in [6.07, 6.45) is 2.64. The summed E-state index contributed by atoms with van der Waals surface area (Å²) in [4.78, 5) is 2.38. The largest absolute Gasteiger partial charge is 0.378 e. The van der Waals surface area contributed by atoms with Gasteiger partial charge < -0.3 is 9.64 Å². The van der Waals surface area contributed by atoms with Crippen molar-refractivity contribution in [2.75, 3.05) is 39.5 Å². The molecule has 1 rings (SSSR count). The molecule has 1 heterocycles. The number of hydrogen-bond acceptors (Lipinski definition) is 2. The lowest BCUT2D eigenvalue weighted by molar-refractivity contribution is 0.0542. The Balaban J connectivity index is 1.86. The van der Waals surface area contributed by atoms with E-state index < -0.39 is 0 Å². The molecular weight excluding hydrogens is 142 g/mol. The summed E-state index contributed by atoms with van der Waals surface area (Å²) in [5, 5.41) is 9.99. The Morgan fingerprint density at radius 3 is 2.55 bits per heavy atom. The molecule has 3 heteroatoms. The van der Waals surface area contributed by atoms with E-state index in [0.29, 0.717) is 6.61 Å². The molecule has 11 heavy (non-hydrogen) atoms. The molecule has 1 radical (unpaired) electrons. The predicted molar refractivity (Wildman–Crippen MR) is 42.0 cm³/mol. The van der Waals surface area contributed by atoms with Crippen LogP contribution in [0.1, 0.15) is 12.8 Å². The van der Waals surface area contributed by atoms with Gasteiger partial charge in [0.25, 0.3) is 0 Å². The van der Waals surface area contributed by atoms with Gasteiger partial charge in [-0.25, -0.2) is 5.11 Å². The van der Waals surface area contributed by atoms with E-state index in [2.05, 4.69) is 4.90 Å². The number of ether oxygens (including phenoxy) is 1. The fourth-order valence-electron chi connectivity index (χ4n) is 1.36. The SMILES string of the molecule is [O]CCOCCN1CCCC1. The molecule has 0 spiro atoms. The first-order chi connectivity index (χ1) is 5.43. The molecule has 0 atom stereocenters. The highest BCUT2D eigenvalue weighted by Gasteiger charge is 2.09. The Bertz CT molecular complexity index is 92.1. The van der Waals surface area contributed by atoms with Crippen molar-refractivity contribution >= 4 is 0 Å². The van der Waals surface area contributed by atoms with Crippen LogP contribution in [0.3, 0.4) is 0 Å². The quantitative estimate of drug-likeness (QED) is 0.547. The van der Waals surface area contributed by atoms with E-state index in [4.69, 9.17) is 4.74 Å². The third-order valence-electron chi connectivity index (χ3n) is 1.98. The summed E-state index contributed by atoms with van der Waals surface area (Å²) < 4.78 is 5.09. The van der Waals surface area contributed by atoms with Gasteiger partial charge in [-0.05, 0) is 25.9 Å². The predicted octanol–water partition coefficient (Wildman–Crippen LogP) is 0.529. The fraction of sp³-hybridized carbons (Fsp3) is 1.00. The molecular formula is C8H16NO2. The standard InChI is InChI=1S/C8H16NO2/c10-6-8-11-7-5-9-3-1-2-4-9/h1-8H2. The van der Waals surface area contributed by atoms with Gasteiger partial charge >= 0.3 is 0 Å². The average Bonchev–Trinajstić information content (AvgIpc) is 2.50. The van der Waals surface area contributed by atoms with Crippen LogP contribution in [0.15, 0.2) is 0 Å². The number of hydrogen-bond donors (Lipinski definition) is 0. The molecule has 1 saturated heterocycles. The third kappa shape index (κ3) is 3.70. The zero-order valence-electron chi connectivity index (χ0n) is 6.92. The molecule has 3 nitrogen and oxygen atoms in total. The van der Waals surface area contributed by atoms with Gasteiger partial charge in [0.2, 0.25) is 0 Å². The lowest BCUT2D eigenvalue weighted by Crippen LogP contribution is -2.24. The van der Waals surface area contributed by atoms with Crippen molar-refractivity contribution in [1.29, 1.82) is 0 Å². The van der Waals surface area contributed by atoms with E-state index in [0.717, 1.165) is 13.2 Å². The maximum absolute atomic E-state index is 9.99. The van der Waals surface area contributed by atoms with Crippen molar-refractivity contribution in [2.45, 2.75) is 12.8 Å². The molecule has 0 N–H and O–H groups in total. The summed E-state index contributed by atoms with van der Waals surface area (Å²) in [6.45, 7) is 4.40. The van der Waals surface area contributed by atoms with Crippen LogP contribution in [0.2, 0.25) is 0 Å². The van der Waals surface area contributed by atoms with E-state index in [1.165, 1.54) is 25.9 Å². The second-order valence-electron chi connectivity index (χ2n) is 2.87. The van der Waals surface area contributed by atoms with Gasteiger partial charge in [0.15, 0.2) is 0 Å². The van der Waals surface area contributed by atoms with E-state index in [1.807, 2.05) is 0 Å². The van der Waals surface area contributed by atoms with Crippen molar-refractivity contribution in [3.8, 4) is 0 Å². The normalized spacial score (nSPS) is 19.4. The van der Waals surface area contributed by atoms with Crippen molar-refractivity contribution in [3.63, 3.8) is 0 Å². The Hall–Kier alpha value is -0.120. The van der Waals surface area contributed by atoms with Crippen molar-refractivity contribution in [1.82, 2.24) is 4.90 Å². The minimum Gasteiger partial charge on any atom is -0.378 e. The molecule has 0 saturated carbocycles. The van der Waals surface area contributed by atoms with Crippen LogP contribution in [0.5, 0.6) is 0 Å². The number of likely N-dealkylation sites (tertiary alicyclic amines) is 1. The fourth-order valence-corrected chi connectivity index (χ4v) is 1.36. The zero-order valence-corrected chi connectivity index (χ0v) is 6.92.